The first-order valence-electron chi connectivity index (χ1n) is 8.10. The summed E-state index contributed by atoms with van der Waals surface area (Å²) < 4.78 is 38.8. The first kappa shape index (κ1) is 21.8. The van der Waals surface area contributed by atoms with Gasteiger partial charge in [-0.2, -0.15) is 5.10 Å². The van der Waals surface area contributed by atoms with Crippen molar-refractivity contribution >= 4 is 49.4 Å². The van der Waals surface area contributed by atoms with Crippen LogP contribution in [0.2, 0.25) is 0 Å². The van der Waals surface area contributed by atoms with Gasteiger partial charge in [0.25, 0.3) is 5.91 Å². The molecule has 2 aromatic carbocycles. The third kappa shape index (κ3) is 6.03. The third-order valence-corrected chi connectivity index (χ3v) is 5.43. The molecule has 0 unspecified atom stereocenters. The molecule has 10 heteroatoms. The minimum absolute atomic E-state index is 0.186. The summed E-state index contributed by atoms with van der Waals surface area (Å²) in [6, 6.07) is 10.4. The second kappa shape index (κ2) is 9.16. The Bertz CT molecular complexity index is 979. The van der Waals surface area contributed by atoms with E-state index in [9.17, 15) is 17.6 Å². The summed E-state index contributed by atoms with van der Waals surface area (Å²) in [5.41, 5.74) is 4.22. The van der Waals surface area contributed by atoms with Gasteiger partial charge in [0.1, 0.15) is 12.4 Å². The maximum Gasteiger partial charge on any atom is 0.260 e. The lowest BCUT2D eigenvalue weighted by molar-refractivity contribution is -0.119. The van der Waals surface area contributed by atoms with Crippen molar-refractivity contribution in [2.75, 3.05) is 36.1 Å². The molecule has 0 atom stereocenters. The number of nitrogens with zero attached hydrogens (tertiary/aromatic N) is 3. The monoisotopic (exact) mass is 470 g/mol. The highest BCUT2D eigenvalue weighted by Crippen LogP contribution is 2.25. The molecule has 0 bridgehead atoms. The van der Waals surface area contributed by atoms with Crippen LogP contribution >= 0.6 is 15.9 Å². The molecule has 28 heavy (non-hydrogen) atoms. The van der Waals surface area contributed by atoms with Gasteiger partial charge in [-0.25, -0.2) is 18.2 Å². The van der Waals surface area contributed by atoms with E-state index in [-0.39, 0.29) is 5.69 Å². The minimum atomic E-state index is -3.73. The van der Waals surface area contributed by atoms with Gasteiger partial charge in [-0.3, -0.25) is 9.10 Å². The highest BCUT2D eigenvalue weighted by Gasteiger charge is 2.20. The Morgan fingerprint density at radius 2 is 1.86 bits per heavy atom. The van der Waals surface area contributed by atoms with Crippen LogP contribution < -0.4 is 14.6 Å². The molecular formula is C18H20BrFN4O3S. The standard InChI is InChI=1S/C18H20BrFN4O3S/c1-23(2)17-9-4-13(10-16(17)19)11-21-22-18(25)12-24(28(3,26)27)15-7-5-14(20)6-8-15/h4-11H,12H2,1-3H3,(H,22,25)/b21-11-. The fourth-order valence-electron chi connectivity index (χ4n) is 2.32. The molecule has 0 saturated heterocycles. The lowest BCUT2D eigenvalue weighted by Crippen LogP contribution is -2.39. The highest BCUT2D eigenvalue weighted by atomic mass is 79.9. The fourth-order valence-corrected chi connectivity index (χ4v) is 3.93. The minimum Gasteiger partial charge on any atom is -0.377 e. The molecule has 0 radical (unpaired) electrons. The molecule has 150 valence electrons. The van der Waals surface area contributed by atoms with E-state index in [1.807, 2.05) is 37.2 Å². The molecule has 0 aromatic heterocycles. The maximum absolute atomic E-state index is 13.1. The van der Waals surface area contributed by atoms with Gasteiger partial charge in [-0.15, -0.1) is 0 Å². The van der Waals surface area contributed by atoms with Crippen molar-refractivity contribution in [1.29, 1.82) is 0 Å². The molecule has 0 saturated carbocycles. The number of nitrogens with one attached hydrogen (secondary N) is 1. The molecule has 0 heterocycles. The van der Waals surface area contributed by atoms with Gasteiger partial charge >= 0.3 is 0 Å². The van der Waals surface area contributed by atoms with Gasteiger partial charge in [-0.05, 0) is 57.9 Å². The number of sulfonamides is 1. The van der Waals surface area contributed by atoms with Crippen molar-refractivity contribution in [3.8, 4) is 0 Å². The summed E-state index contributed by atoms with van der Waals surface area (Å²) in [5, 5.41) is 3.86. The van der Waals surface area contributed by atoms with E-state index >= 15 is 0 Å². The smallest absolute Gasteiger partial charge is 0.260 e. The van der Waals surface area contributed by atoms with E-state index in [0.717, 1.165) is 38.4 Å². The number of rotatable bonds is 7. The van der Waals surface area contributed by atoms with E-state index in [1.54, 1.807) is 0 Å². The van der Waals surface area contributed by atoms with Crippen LogP contribution in [0.15, 0.2) is 52.0 Å². The van der Waals surface area contributed by atoms with Crippen LogP contribution in [0, 0.1) is 5.82 Å². The van der Waals surface area contributed by atoms with Gasteiger partial charge in [0.05, 0.1) is 23.8 Å². The average Bonchev–Trinajstić information content (AvgIpc) is 2.59. The van der Waals surface area contributed by atoms with Gasteiger partial charge < -0.3 is 4.90 Å². The number of hydrazone groups is 1. The summed E-state index contributed by atoms with van der Waals surface area (Å²) in [6.45, 7) is -0.481. The largest absolute Gasteiger partial charge is 0.377 e. The molecule has 7 nitrogen and oxygen atoms in total. The van der Waals surface area contributed by atoms with Crippen LogP contribution in [0.1, 0.15) is 5.56 Å². The van der Waals surface area contributed by atoms with E-state index in [1.165, 1.54) is 18.3 Å². The Kier molecular flexibility index (Phi) is 7.14. The number of carbonyl (C=O) groups is 1. The second-order valence-electron chi connectivity index (χ2n) is 6.14. The Morgan fingerprint density at radius 1 is 1.21 bits per heavy atom. The Balaban J connectivity index is 2.06. The van der Waals surface area contributed by atoms with Crippen molar-refractivity contribution in [1.82, 2.24) is 5.43 Å². The predicted octanol–water partition coefficient (Wildman–Crippen LogP) is 2.57. The number of benzene rings is 2. The summed E-state index contributed by atoms with van der Waals surface area (Å²) in [6.07, 6.45) is 2.42. The van der Waals surface area contributed by atoms with E-state index in [0.29, 0.717) is 0 Å². The third-order valence-electron chi connectivity index (χ3n) is 3.66. The number of anilines is 2. The van der Waals surface area contributed by atoms with Crippen molar-refractivity contribution in [2.45, 2.75) is 0 Å². The van der Waals surface area contributed by atoms with Crippen LogP contribution in [0.25, 0.3) is 0 Å². The summed E-state index contributed by atoms with van der Waals surface area (Å²) >= 11 is 3.46. The van der Waals surface area contributed by atoms with Gasteiger partial charge in [0.15, 0.2) is 0 Å². The van der Waals surface area contributed by atoms with E-state index in [2.05, 4.69) is 26.5 Å². The molecule has 0 aliphatic carbocycles. The van der Waals surface area contributed by atoms with Gasteiger partial charge in [0.2, 0.25) is 10.0 Å². The van der Waals surface area contributed by atoms with Crippen LogP contribution in [0.5, 0.6) is 0 Å². The first-order valence-corrected chi connectivity index (χ1v) is 10.7. The van der Waals surface area contributed by atoms with E-state index in [4.69, 9.17) is 0 Å². The highest BCUT2D eigenvalue weighted by molar-refractivity contribution is 9.10. The molecule has 2 aromatic rings. The molecule has 0 aliphatic rings. The summed E-state index contributed by atoms with van der Waals surface area (Å²) in [7, 11) is 0.104. The number of hydrogen-bond donors (Lipinski definition) is 1. The van der Waals surface area contributed by atoms with Crippen LogP contribution in [0.4, 0.5) is 15.8 Å². The zero-order chi connectivity index (χ0) is 20.9. The van der Waals surface area contributed by atoms with Crippen molar-refractivity contribution in [3.63, 3.8) is 0 Å². The van der Waals surface area contributed by atoms with Gasteiger partial charge in [0, 0.05) is 18.6 Å². The fraction of sp³-hybridized carbons (Fsp3) is 0.222. The SMILES string of the molecule is CN(C)c1ccc(/C=N\NC(=O)CN(c2ccc(F)cc2)S(C)(=O)=O)cc1Br. The quantitative estimate of drug-likeness (QED) is 0.497. The zero-order valence-electron chi connectivity index (χ0n) is 15.6. The molecule has 0 aliphatic heterocycles. The molecule has 1 N–H and O–H groups in total. The number of carbonyl (C=O) groups excluding carboxylic acids is 1. The number of hydrogen-bond acceptors (Lipinski definition) is 5. The molecular weight excluding hydrogens is 451 g/mol. The second-order valence-corrected chi connectivity index (χ2v) is 8.91. The van der Waals surface area contributed by atoms with Crippen LogP contribution in [-0.4, -0.2) is 47.4 Å². The van der Waals surface area contributed by atoms with Crippen molar-refractivity contribution in [2.24, 2.45) is 5.10 Å². The average molecular weight is 471 g/mol. The predicted molar refractivity (Wildman–Crippen MR) is 113 cm³/mol. The summed E-state index contributed by atoms with van der Waals surface area (Å²) in [5.74, 6) is -1.13. The van der Waals surface area contributed by atoms with Gasteiger partial charge in [-0.1, -0.05) is 6.07 Å². The molecule has 0 spiro atoms. The summed E-state index contributed by atoms with van der Waals surface area (Å²) in [4.78, 5) is 14.1. The zero-order valence-corrected chi connectivity index (χ0v) is 18.0. The number of halogens is 2. The first-order chi connectivity index (χ1) is 13.1. The Morgan fingerprint density at radius 3 is 2.39 bits per heavy atom. The Labute approximate surface area is 172 Å². The molecule has 1 amide bonds. The lowest BCUT2D eigenvalue weighted by Gasteiger charge is -2.21. The van der Waals surface area contributed by atoms with Crippen LogP contribution in [0.3, 0.4) is 0 Å². The topological polar surface area (TPSA) is 82.1 Å². The molecule has 0 fully saturated rings. The van der Waals surface area contributed by atoms with E-state index < -0.39 is 28.3 Å². The Hall–Kier alpha value is -2.46. The lowest BCUT2D eigenvalue weighted by atomic mass is 10.2. The molecule has 2 rings (SSSR count). The maximum atomic E-state index is 13.1. The van der Waals surface area contributed by atoms with Crippen molar-refractivity contribution < 1.29 is 17.6 Å². The van der Waals surface area contributed by atoms with Crippen molar-refractivity contribution in [3.05, 3.63) is 58.3 Å². The number of amides is 1. The normalized spacial score (nSPS) is 11.5. The van der Waals surface area contributed by atoms with Crippen LogP contribution in [-0.2, 0) is 14.8 Å².